The Bertz CT molecular complexity index is 694. The number of sulfonamides is 1. The lowest BCUT2D eigenvalue weighted by atomic mass is 9.99. The molecule has 0 aromatic heterocycles. The molecule has 0 saturated carbocycles. The molecule has 2 unspecified atom stereocenters. The highest BCUT2D eigenvalue weighted by molar-refractivity contribution is 7.89. The van der Waals surface area contributed by atoms with Gasteiger partial charge in [0.25, 0.3) is 0 Å². The van der Waals surface area contributed by atoms with Crippen LogP contribution >= 0.6 is 0 Å². The molecule has 2 saturated heterocycles. The van der Waals surface area contributed by atoms with Gasteiger partial charge in [0, 0.05) is 26.2 Å². The number of nitrogens with one attached hydrogen (secondary N) is 3. The van der Waals surface area contributed by atoms with E-state index in [1.807, 2.05) is 0 Å². The number of ether oxygens (including phenoxy) is 1. The molecule has 0 aliphatic carbocycles. The molecule has 2 atom stereocenters. The third-order valence-electron chi connectivity index (χ3n) is 4.89. The normalized spacial score (nSPS) is 23.7. The molecule has 3 N–H and O–H groups in total. The standard InChI is InChI=1S/C18H27N3O4S/c22-18(15-3-1-9-19-12-15)20-11-14-5-7-17(8-6-14)26(23,24)21-13-16-4-2-10-25-16/h5-8,15-16,19,21H,1-4,9-13H2,(H,20,22). The number of rotatable bonds is 7. The summed E-state index contributed by atoms with van der Waals surface area (Å²) in [6.45, 7) is 3.10. The fourth-order valence-corrected chi connectivity index (χ4v) is 4.35. The Hall–Kier alpha value is -1.48. The minimum Gasteiger partial charge on any atom is -0.377 e. The van der Waals surface area contributed by atoms with Crippen LogP contribution in [-0.2, 0) is 26.1 Å². The Balaban J connectivity index is 1.49. The molecular formula is C18H27N3O4S. The van der Waals surface area contributed by atoms with Crippen LogP contribution in [0, 0.1) is 5.92 Å². The van der Waals surface area contributed by atoms with Crippen molar-refractivity contribution in [3.8, 4) is 0 Å². The molecule has 1 aromatic carbocycles. The van der Waals surface area contributed by atoms with Crippen molar-refractivity contribution in [2.75, 3.05) is 26.2 Å². The van der Waals surface area contributed by atoms with Crippen molar-refractivity contribution >= 4 is 15.9 Å². The second-order valence-electron chi connectivity index (χ2n) is 6.89. The molecule has 2 heterocycles. The van der Waals surface area contributed by atoms with Gasteiger partial charge in [0.15, 0.2) is 0 Å². The number of hydrogen-bond acceptors (Lipinski definition) is 5. The number of carbonyl (C=O) groups excluding carboxylic acids is 1. The largest absolute Gasteiger partial charge is 0.377 e. The first-order valence-corrected chi connectivity index (χ1v) is 10.7. The fraction of sp³-hybridized carbons (Fsp3) is 0.611. The summed E-state index contributed by atoms with van der Waals surface area (Å²) < 4.78 is 32.7. The summed E-state index contributed by atoms with van der Waals surface area (Å²) in [5.41, 5.74) is 0.875. The zero-order chi connectivity index (χ0) is 18.4. The van der Waals surface area contributed by atoms with Crippen molar-refractivity contribution in [2.45, 2.75) is 43.2 Å². The fourth-order valence-electron chi connectivity index (χ4n) is 3.29. The molecule has 3 rings (SSSR count). The van der Waals surface area contributed by atoms with Crippen LogP contribution in [0.2, 0.25) is 0 Å². The molecule has 8 heteroatoms. The first-order chi connectivity index (χ1) is 12.5. The molecule has 2 fully saturated rings. The van der Waals surface area contributed by atoms with Gasteiger partial charge >= 0.3 is 0 Å². The highest BCUT2D eigenvalue weighted by Gasteiger charge is 2.21. The van der Waals surface area contributed by atoms with E-state index in [4.69, 9.17) is 4.74 Å². The third-order valence-corrected chi connectivity index (χ3v) is 6.33. The lowest BCUT2D eigenvalue weighted by molar-refractivity contribution is -0.125. The van der Waals surface area contributed by atoms with Crippen molar-refractivity contribution in [3.63, 3.8) is 0 Å². The topological polar surface area (TPSA) is 96.5 Å². The molecule has 2 aliphatic heterocycles. The highest BCUT2D eigenvalue weighted by Crippen LogP contribution is 2.14. The quantitative estimate of drug-likeness (QED) is 0.648. The Morgan fingerprint density at radius 2 is 2.00 bits per heavy atom. The second-order valence-corrected chi connectivity index (χ2v) is 8.66. The summed E-state index contributed by atoms with van der Waals surface area (Å²) in [5.74, 6) is 0.0672. The van der Waals surface area contributed by atoms with Gasteiger partial charge in [-0.2, -0.15) is 0 Å². The van der Waals surface area contributed by atoms with Crippen LogP contribution in [0.5, 0.6) is 0 Å². The van der Waals surface area contributed by atoms with Gasteiger partial charge in [-0.05, 0) is 49.9 Å². The lowest BCUT2D eigenvalue weighted by Gasteiger charge is -2.21. The van der Waals surface area contributed by atoms with Crippen LogP contribution in [0.3, 0.4) is 0 Å². The SMILES string of the molecule is O=C(NCc1ccc(S(=O)(=O)NCC2CCCO2)cc1)C1CCCNC1. The summed E-state index contributed by atoms with van der Waals surface area (Å²) in [4.78, 5) is 12.4. The number of hydrogen-bond donors (Lipinski definition) is 3. The molecule has 1 aromatic rings. The van der Waals surface area contributed by atoms with E-state index in [1.165, 1.54) is 0 Å². The number of benzene rings is 1. The van der Waals surface area contributed by atoms with Crippen LogP contribution in [0.1, 0.15) is 31.2 Å². The summed E-state index contributed by atoms with van der Waals surface area (Å²) in [6, 6.07) is 6.61. The molecule has 26 heavy (non-hydrogen) atoms. The first-order valence-electron chi connectivity index (χ1n) is 9.23. The number of amides is 1. The maximum Gasteiger partial charge on any atom is 0.240 e. The maximum atomic E-state index is 12.3. The van der Waals surface area contributed by atoms with Gasteiger partial charge in [0.05, 0.1) is 16.9 Å². The van der Waals surface area contributed by atoms with E-state index >= 15 is 0 Å². The van der Waals surface area contributed by atoms with Gasteiger partial charge in [-0.3, -0.25) is 4.79 Å². The Labute approximate surface area is 154 Å². The van der Waals surface area contributed by atoms with Crippen molar-refractivity contribution in [1.29, 1.82) is 0 Å². The van der Waals surface area contributed by atoms with Crippen molar-refractivity contribution < 1.29 is 17.9 Å². The number of piperidine rings is 1. The molecule has 144 valence electrons. The van der Waals surface area contributed by atoms with Crippen molar-refractivity contribution in [1.82, 2.24) is 15.4 Å². The first kappa shape index (κ1) is 19.3. The van der Waals surface area contributed by atoms with Gasteiger partial charge in [0.1, 0.15) is 0 Å². The van der Waals surface area contributed by atoms with E-state index in [-0.39, 0.29) is 22.8 Å². The smallest absolute Gasteiger partial charge is 0.240 e. The van der Waals surface area contributed by atoms with Crippen LogP contribution in [0.25, 0.3) is 0 Å². The summed E-state index contributed by atoms with van der Waals surface area (Å²) in [6.07, 6.45) is 3.76. The molecule has 2 aliphatic rings. The van der Waals surface area contributed by atoms with Crippen molar-refractivity contribution in [2.24, 2.45) is 5.92 Å². The minimum absolute atomic E-state index is 0.0189. The minimum atomic E-state index is -3.54. The lowest BCUT2D eigenvalue weighted by Crippen LogP contribution is -2.40. The zero-order valence-corrected chi connectivity index (χ0v) is 15.7. The van der Waals surface area contributed by atoms with E-state index in [1.54, 1.807) is 24.3 Å². The molecule has 7 nitrogen and oxygen atoms in total. The molecule has 1 amide bonds. The third kappa shape index (κ3) is 5.26. The van der Waals surface area contributed by atoms with E-state index in [2.05, 4.69) is 15.4 Å². The van der Waals surface area contributed by atoms with Gasteiger partial charge in [0.2, 0.25) is 15.9 Å². The van der Waals surface area contributed by atoms with Gasteiger partial charge < -0.3 is 15.4 Å². The predicted octanol–water partition coefficient (Wildman–Crippen LogP) is 0.760. The second kappa shape index (κ2) is 8.94. The van der Waals surface area contributed by atoms with E-state index < -0.39 is 10.0 Å². The highest BCUT2D eigenvalue weighted by atomic mass is 32.2. The van der Waals surface area contributed by atoms with Gasteiger partial charge in [-0.25, -0.2) is 13.1 Å². The average Bonchev–Trinajstić information content (AvgIpc) is 3.19. The summed E-state index contributed by atoms with van der Waals surface area (Å²) >= 11 is 0. The maximum absolute atomic E-state index is 12.3. The zero-order valence-electron chi connectivity index (χ0n) is 14.9. The van der Waals surface area contributed by atoms with E-state index in [0.29, 0.717) is 19.7 Å². The van der Waals surface area contributed by atoms with Crippen LogP contribution in [0.15, 0.2) is 29.2 Å². The average molecular weight is 381 g/mol. The van der Waals surface area contributed by atoms with E-state index in [0.717, 1.165) is 44.3 Å². The predicted molar refractivity (Wildman–Crippen MR) is 98.0 cm³/mol. The molecule has 0 spiro atoms. The Morgan fingerprint density at radius 1 is 1.19 bits per heavy atom. The van der Waals surface area contributed by atoms with Crippen molar-refractivity contribution in [3.05, 3.63) is 29.8 Å². The Morgan fingerprint density at radius 3 is 2.65 bits per heavy atom. The van der Waals surface area contributed by atoms with Gasteiger partial charge in [-0.1, -0.05) is 12.1 Å². The molecule has 0 radical (unpaired) electrons. The monoisotopic (exact) mass is 381 g/mol. The van der Waals surface area contributed by atoms with Crippen LogP contribution < -0.4 is 15.4 Å². The molecule has 0 bridgehead atoms. The summed E-state index contributed by atoms with van der Waals surface area (Å²) in [7, 11) is -3.54. The molecular weight excluding hydrogens is 354 g/mol. The van der Waals surface area contributed by atoms with Crippen LogP contribution in [-0.4, -0.2) is 46.7 Å². The van der Waals surface area contributed by atoms with Gasteiger partial charge in [-0.15, -0.1) is 0 Å². The van der Waals surface area contributed by atoms with Crippen LogP contribution in [0.4, 0.5) is 0 Å². The number of carbonyl (C=O) groups is 1. The summed E-state index contributed by atoms with van der Waals surface area (Å²) in [5, 5.41) is 6.16. The Kier molecular flexibility index (Phi) is 6.63. The van der Waals surface area contributed by atoms with E-state index in [9.17, 15) is 13.2 Å².